The van der Waals surface area contributed by atoms with E-state index < -0.39 is 17.7 Å². The number of thiazole rings is 1. The predicted octanol–water partition coefficient (Wildman–Crippen LogP) is 7.12. The molecule has 1 N–H and O–H groups in total. The molecule has 1 unspecified atom stereocenters. The number of rotatable bonds is 9. The van der Waals surface area contributed by atoms with E-state index in [9.17, 15) is 14.7 Å². The predicted molar refractivity (Wildman–Crippen MR) is 158 cm³/mol. The van der Waals surface area contributed by atoms with Crippen molar-refractivity contribution in [3.8, 4) is 11.5 Å². The lowest BCUT2D eigenvalue weighted by molar-refractivity contribution is -0.132. The van der Waals surface area contributed by atoms with E-state index >= 15 is 0 Å². The summed E-state index contributed by atoms with van der Waals surface area (Å²) in [7, 11) is 1.55. The molecule has 0 radical (unpaired) electrons. The zero-order chi connectivity index (χ0) is 28.4. The number of unbranched alkanes of at least 4 members (excludes halogenated alkanes) is 2. The van der Waals surface area contributed by atoms with Gasteiger partial charge >= 0.3 is 5.91 Å². The fourth-order valence-electron chi connectivity index (χ4n) is 4.84. The zero-order valence-corrected chi connectivity index (χ0v) is 23.9. The number of amides is 1. The van der Waals surface area contributed by atoms with Gasteiger partial charge in [0, 0.05) is 5.56 Å². The zero-order valence-electron chi connectivity index (χ0n) is 23.1. The standard InChI is InChI=1S/C32H32N2O5S/c1-5-6-7-16-39-24-15-13-22(18-25(24)38-4)28-27(29(35)21-11-8-19(2)9-12-21)30(36)31(37)34(28)32-33-23-14-10-20(3)17-26(23)40-32/h8-15,17-18,28,35H,5-7,16H2,1-4H3. The minimum atomic E-state index is -0.911. The first-order valence-electron chi connectivity index (χ1n) is 13.4. The number of aromatic nitrogens is 1. The Morgan fingerprint density at radius 1 is 0.975 bits per heavy atom. The summed E-state index contributed by atoms with van der Waals surface area (Å²) in [5.41, 5.74) is 3.87. The molecule has 5 rings (SSSR count). The van der Waals surface area contributed by atoms with Gasteiger partial charge in [0.2, 0.25) is 0 Å². The Morgan fingerprint density at radius 2 is 1.73 bits per heavy atom. The number of nitrogens with zero attached hydrogens (tertiary/aromatic N) is 2. The molecule has 3 aromatic carbocycles. The van der Waals surface area contributed by atoms with Crippen LogP contribution in [0.5, 0.6) is 11.5 Å². The van der Waals surface area contributed by atoms with Crippen molar-refractivity contribution in [3.05, 3.63) is 88.5 Å². The third kappa shape index (κ3) is 5.19. The first kappa shape index (κ1) is 27.4. The van der Waals surface area contributed by atoms with Crippen molar-refractivity contribution in [2.24, 2.45) is 0 Å². The van der Waals surface area contributed by atoms with Crippen LogP contribution in [0.25, 0.3) is 16.0 Å². The van der Waals surface area contributed by atoms with Crippen LogP contribution in [0.3, 0.4) is 0 Å². The maximum absolute atomic E-state index is 13.6. The van der Waals surface area contributed by atoms with Crippen LogP contribution in [0, 0.1) is 13.8 Å². The van der Waals surface area contributed by atoms with E-state index in [1.165, 1.54) is 16.2 Å². The molecule has 0 bridgehead atoms. The molecular weight excluding hydrogens is 524 g/mol. The monoisotopic (exact) mass is 556 g/mol. The Labute approximate surface area is 237 Å². The molecule has 2 heterocycles. The van der Waals surface area contributed by atoms with E-state index in [0.29, 0.717) is 34.4 Å². The number of anilines is 1. The lowest BCUT2D eigenvalue weighted by Crippen LogP contribution is -2.29. The molecule has 4 aromatic rings. The maximum atomic E-state index is 13.6. The van der Waals surface area contributed by atoms with Crippen LogP contribution in [0.1, 0.15) is 54.5 Å². The quantitative estimate of drug-likeness (QED) is 0.102. The highest BCUT2D eigenvalue weighted by molar-refractivity contribution is 7.22. The number of hydrogen-bond acceptors (Lipinski definition) is 7. The van der Waals surface area contributed by atoms with Gasteiger partial charge in [0.15, 0.2) is 16.6 Å². The summed E-state index contributed by atoms with van der Waals surface area (Å²) < 4.78 is 12.5. The lowest BCUT2D eigenvalue weighted by Gasteiger charge is -2.24. The summed E-state index contributed by atoms with van der Waals surface area (Å²) in [5.74, 6) is -0.685. The van der Waals surface area contributed by atoms with E-state index in [-0.39, 0.29) is 11.3 Å². The van der Waals surface area contributed by atoms with Gasteiger partial charge in [-0.15, -0.1) is 0 Å². The minimum Gasteiger partial charge on any atom is -0.507 e. The largest absolute Gasteiger partial charge is 0.507 e. The minimum absolute atomic E-state index is 0.00274. The van der Waals surface area contributed by atoms with Crippen LogP contribution in [-0.2, 0) is 9.59 Å². The molecular formula is C32H32N2O5S. The van der Waals surface area contributed by atoms with Crippen molar-refractivity contribution < 1.29 is 24.2 Å². The lowest BCUT2D eigenvalue weighted by atomic mass is 9.95. The van der Waals surface area contributed by atoms with Crippen molar-refractivity contribution >= 4 is 44.1 Å². The van der Waals surface area contributed by atoms with Crippen molar-refractivity contribution in [2.45, 2.75) is 46.1 Å². The van der Waals surface area contributed by atoms with Crippen LogP contribution >= 0.6 is 11.3 Å². The second-order valence-electron chi connectivity index (χ2n) is 9.97. The van der Waals surface area contributed by atoms with E-state index in [1.54, 1.807) is 37.4 Å². The number of hydrogen-bond donors (Lipinski definition) is 1. The Balaban J connectivity index is 1.65. The number of ketones is 1. The number of methoxy groups -OCH3 is 1. The van der Waals surface area contributed by atoms with E-state index in [2.05, 4.69) is 6.92 Å². The molecule has 1 amide bonds. The second-order valence-corrected chi connectivity index (χ2v) is 11.0. The molecule has 1 saturated heterocycles. The summed E-state index contributed by atoms with van der Waals surface area (Å²) >= 11 is 1.33. The van der Waals surface area contributed by atoms with Crippen LogP contribution in [-0.4, -0.2) is 35.5 Å². The Kier molecular flexibility index (Phi) is 7.89. The number of aryl methyl sites for hydroxylation is 2. The molecule has 40 heavy (non-hydrogen) atoms. The summed E-state index contributed by atoms with van der Waals surface area (Å²) in [4.78, 5) is 33.3. The Morgan fingerprint density at radius 3 is 2.45 bits per heavy atom. The summed E-state index contributed by atoms with van der Waals surface area (Å²) in [6.45, 7) is 6.62. The molecule has 1 aliphatic rings. The topological polar surface area (TPSA) is 89.0 Å². The number of carbonyl (C=O) groups excluding carboxylic acids is 2. The van der Waals surface area contributed by atoms with Gasteiger partial charge in [0.1, 0.15) is 5.76 Å². The van der Waals surface area contributed by atoms with Crippen molar-refractivity contribution in [3.63, 3.8) is 0 Å². The number of carbonyl (C=O) groups is 2. The molecule has 0 aliphatic carbocycles. The molecule has 8 heteroatoms. The molecule has 0 saturated carbocycles. The van der Waals surface area contributed by atoms with Crippen LogP contribution < -0.4 is 14.4 Å². The molecule has 0 spiro atoms. The van der Waals surface area contributed by atoms with Crippen LogP contribution in [0.2, 0.25) is 0 Å². The number of aliphatic hydroxyl groups excluding tert-OH is 1. The van der Waals surface area contributed by atoms with E-state index in [0.717, 1.165) is 40.6 Å². The average Bonchev–Trinajstić information content (AvgIpc) is 3.48. The average molecular weight is 557 g/mol. The molecule has 1 aliphatic heterocycles. The molecule has 1 fully saturated rings. The second kappa shape index (κ2) is 11.5. The highest BCUT2D eigenvalue weighted by Crippen LogP contribution is 2.46. The van der Waals surface area contributed by atoms with Crippen molar-refractivity contribution in [1.29, 1.82) is 0 Å². The molecule has 1 atom stereocenters. The third-order valence-electron chi connectivity index (χ3n) is 7.02. The summed E-state index contributed by atoms with van der Waals surface area (Å²) in [6, 6.07) is 17.5. The fourth-order valence-corrected chi connectivity index (χ4v) is 5.93. The number of benzene rings is 3. The van der Waals surface area contributed by atoms with Crippen LogP contribution in [0.4, 0.5) is 5.13 Å². The normalized spacial score (nSPS) is 16.6. The summed E-state index contributed by atoms with van der Waals surface area (Å²) in [6.07, 6.45) is 3.08. The first-order valence-corrected chi connectivity index (χ1v) is 14.2. The number of aliphatic hydroxyl groups is 1. The SMILES string of the molecule is CCCCCOc1ccc(C2C(=C(O)c3ccc(C)cc3)C(=O)C(=O)N2c2nc3ccc(C)cc3s2)cc1OC. The van der Waals surface area contributed by atoms with E-state index in [1.807, 2.05) is 44.2 Å². The smallest absolute Gasteiger partial charge is 0.301 e. The first-order chi connectivity index (χ1) is 19.3. The fraction of sp³-hybridized carbons (Fsp3) is 0.281. The van der Waals surface area contributed by atoms with Gasteiger partial charge < -0.3 is 14.6 Å². The Hall–Kier alpha value is -4.17. The van der Waals surface area contributed by atoms with Gasteiger partial charge in [-0.2, -0.15) is 0 Å². The van der Waals surface area contributed by atoms with Crippen LogP contribution in [0.15, 0.2) is 66.2 Å². The van der Waals surface area contributed by atoms with Crippen molar-refractivity contribution in [1.82, 2.24) is 4.98 Å². The highest BCUT2D eigenvalue weighted by atomic mass is 32.1. The van der Waals surface area contributed by atoms with Gasteiger partial charge in [0.25, 0.3) is 5.78 Å². The molecule has 7 nitrogen and oxygen atoms in total. The number of ether oxygens (including phenoxy) is 2. The maximum Gasteiger partial charge on any atom is 0.301 e. The van der Waals surface area contributed by atoms with E-state index in [4.69, 9.17) is 14.5 Å². The highest BCUT2D eigenvalue weighted by Gasteiger charge is 2.48. The van der Waals surface area contributed by atoms with Gasteiger partial charge in [-0.1, -0.05) is 73.1 Å². The van der Waals surface area contributed by atoms with Gasteiger partial charge in [-0.25, -0.2) is 4.98 Å². The molecule has 206 valence electrons. The van der Waals surface area contributed by atoms with Gasteiger partial charge in [0.05, 0.1) is 35.5 Å². The third-order valence-corrected chi connectivity index (χ3v) is 8.03. The van der Waals surface area contributed by atoms with Crippen molar-refractivity contribution in [2.75, 3.05) is 18.6 Å². The Bertz CT molecular complexity index is 1610. The van der Waals surface area contributed by atoms with Gasteiger partial charge in [-0.3, -0.25) is 14.5 Å². The summed E-state index contributed by atoms with van der Waals surface area (Å²) in [5, 5.41) is 11.8. The molecule has 1 aromatic heterocycles. The number of Topliss-reactive ketones (excluding diaryl/α,β-unsaturated/α-hetero) is 1. The number of fused-ring (bicyclic) bond motifs is 1. The van der Waals surface area contributed by atoms with Gasteiger partial charge in [-0.05, 0) is 55.7 Å².